The van der Waals surface area contributed by atoms with Crippen molar-refractivity contribution in [3.05, 3.63) is 16.1 Å². The van der Waals surface area contributed by atoms with Crippen LogP contribution in [0, 0.1) is 12.8 Å². The van der Waals surface area contributed by atoms with Gasteiger partial charge in [-0.2, -0.15) is 0 Å². The number of aryl methyl sites for hydroxylation is 1. The summed E-state index contributed by atoms with van der Waals surface area (Å²) >= 11 is 1.70. The molecule has 4 heteroatoms. The van der Waals surface area contributed by atoms with Crippen LogP contribution < -0.4 is 0 Å². The maximum Gasteiger partial charge on any atom is 0.0896 e. The number of aliphatic hydroxyl groups excluding tert-OH is 1. The third-order valence-corrected chi connectivity index (χ3v) is 3.23. The van der Waals surface area contributed by atoms with Crippen LogP contribution >= 0.6 is 11.3 Å². The molecule has 1 aromatic heterocycles. The molecule has 1 N–H and O–H groups in total. The Labute approximate surface area is 81.4 Å². The zero-order valence-corrected chi connectivity index (χ0v) is 8.38. The SMILES string of the molecule is Cc1ncc(C[C@@H]2COC[C@H]2O)s1. The van der Waals surface area contributed by atoms with Gasteiger partial charge in [-0.3, -0.25) is 0 Å². The molecule has 0 bridgehead atoms. The first-order valence-corrected chi connectivity index (χ1v) is 5.24. The van der Waals surface area contributed by atoms with E-state index in [9.17, 15) is 5.11 Å². The number of rotatable bonds is 2. The maximum atomic E-state index is 9.52. The first kappa shape index (κ1) is 9.12. The predicted molar refractivity (Wildman–Crippen MR) is 50.9 cm³/mol. The highest BCUT2D eigenvalue weighted by Gasteiger charge is 2.26. The number of ether oxygens (including phenoxy) is 1. The average Bonchev–Trinajstić information content (AvgIpc) is 2.64. The summed E-state index contributed by atoms with van der Waals surface area (Å²) in [7, 11) is 0. The van der Waals surface area contributed by atoms with E-state index in [4.69, 9.17) is 4.74 Å². The number of hydrogen-bond donors (Lipinski definition) is 1. The van der Waals surface area contributed by atoms with Gasteiger partial charge in [-0.05, 0) is 13.3 Å². The molecule has 0 unspecified atom stereocenters. The molecule has 0 radical (unpaired) electrons. The molecular weight excluding hydrogens is 186 g/mol. The Hall–Kier alpha value is -0.450. The third-order valence-electron chi connectivity index (χ3n) is 2.30. The summed E-state index contributed by atoms with van der Waals surface area (Å²) in [6, 6.07) is 0. The van der Waals surface area contributed by atoms with Gasteiger partial charge in [-0.15, -0.1) is 11.3 Å². The molecule has 0 saturated carbocycles. The number of aliphatic hydroxyl groups is 1. The fraction of sp³-hybridized carbons (Fsp3) is 0.667. The summed E-state index contributed by atoms with van der Waals surface area (Å²) in [6.45, 7) is 3.16. The second kappa shape index (κ2) is 3.74. The van der Waals surface area contributed by atoms with Crippen molar-refractivity contribution >= 4 is 11.3 Å². The van der Waals surface area contributed by atoms with Crippen LogP contribution in [0.5, 0.6) is 0 Å². The van der Waals surface area contributed by atoms with Crippen molar-refractivity contribution in [3.8, 4) is 0 Å². The second-order valence-corrected chi connectivity index (χ2v) is 4.73. The Kier molecular flexibility index (Phi) is 2.62. The Morgan fingerprint density at radius 2 is 2.54 bits per heavy atom. The fourth-order valence-corrected chi connectivity index (χ4v) is 2.43. The van der Waals surface area contributed by atoms with Gasteiger partial charge >= 0.3 is 0 Å². The summed E-state index contributed by atoms with van der Waals surface area (Å²) in [6.07, 6.45) is 2.50. The predicted octanol–water partition coefficient (Wildman–Crippen LogP) is 1.00. The van der Waals surface area contributed by atoms with E-state index in [0.29, 0.717) is 13.2 Å². The highest BCUT2D eigenvalue weighted by atomic mass is 32.1. The molecule has 1 fully saturated rings. The number of hydrogen-bond acceptors (Lipinski definition) is 4. The summed E-state index contributed by atoms with van der Waals surface area (Å²) in [5.41, 5.74) is 0. The monoisotopic (exact) mass is 199 g/mol. The summed E-state index contributed by atoms with van der Waals surface area (Å²) in [5, 5.41) is 10.6. The van der Waals surface area contributed by atoms with Crippen LogP contribution in [0.15, 0.2) is 6.20 Å². The van der Waals surface area contributed by atoms with Gasteiger partial charge in [0.05, 0.1) is 24.3 Å². The third kappa shape index (κ3) is 2.07. The topological polar surface area (TPSA) is 42.4 Å². The first-order chi connectivity index (χ1) is 6.25. The summed E-state index contributed by atoms with van der Waals surface area (Å²) in [5.74, 6) is 0.264. The minimum atomic E-state index is -0.289. The van der Waals surface area contributed by atoms with Crippen LogP contribution in [0.4, 0.5) is 0 Å². The molecular formula is C9H13NO2S. The van der Waals surface area contributed by atoms with Gasteiger partial charge in [0.1, 0.15) is 0 Å². The summed E-state index contributed by atoms with van der Waals surface area (Å²) < 4.78 is 5.18. The molecule has 2 heterocycles. The average molecular weight is 199 g/mol. The molecule has 2 rings (SSSR count). The van der Waals surface area contributed by atoms with E-state index in [1.54, 1.807) is 11.3 Å². The molecule has 1 aliphatic heterocycles. The van der Waals surface area contributed by atoms with Crippen LogP contribution in [0.25, 0.3) is 0 Å². The number of thiazole rings is 1. The lowest BCUT2D eigenvalue weighted by Crippen LogP contribution is -2.19. The minimum Gasteiger partial charge on any atom is -0.390 e. The van der Waals surface area contributed by atoms with E-state index in [-0.39, 0.29) is 12.0 Å². The highest BCUT2D eigenvalue weighted by molar-refractivity contribution is 7.11. The zero-order valence-electron chi connectivity index (χ0n) is 7.56. The van der Waals surface area contributed by atoms with Gasteiger partial charge in [0, 0.05) is 17.0 Å². The molecule has 0 aromatic carbocycles. The normalized spacial score (nSPS) is 28.2. The van der Waals surface area contributed by atoms with Crippen molar-refractivity contribution in [1.29, 1.82) is 0 Å². The van der Waals surface area contributed by atoms with Gasteiger partial charge < -0.3 is 9.84 Å². The van der Waals surface area contributed by atoms with Crippen LogP contribution in [0.1, 0.15) is 9.88 Å². The van der Waals surface area contributed by atoms with Crippen molar-refractivity contribution < 1.29 is 9.84 Å². The van der Waals surface area contributed by atoms with Crippen molar-refractivity contribution in [2.75, 3.05) is 13.2 Å². The smallest absolute Gasteiger partial charge is 0.0896 e. The molecule has 3 nitrogen and oxygen atoms in total. The lowest BCUT2D eigenvalue weighted by atomic mass is 10.0. The molecule has 72 valence electrons. The molecule has 1 aliphatic rings. The van der Waals surface area contributed by atoms with Crippen molar-refractivity contribution in [2.24, 2.45) is 5.92 Å². The highest BCUT2D eigenvalue weighted by Crippen LogP contribution is 2.22. The van der Waals surface area contributed by atoms with Crippen molar-refractivity contribution in [1.82, 2.24) is 4.98 Å². The van der Waals surface area contributed by atoms with Crippen LogP contribution in [0.2, 0.25) is 0 Å². The van der Waals surface area contributed by atoms with E-state index >= 15 is 0 Å². The van der Waals surface area contributed by atoms with Gasteiger partial charge in [0.15, 0.2) is 0 Å². The molecule has 1 aromatic rings. The second-order valence-electron chi connectivity index (χ2n) is 3.41. The quantitative estimate of drug-likeness (QED) is 0.772. The molecule has 1 saturated heterocycles. The Morgan fingerprint density at radius 1 is 1.69 bits per heavy atom. The Morgan fingerprint density at radius 3 is 3.08 bits per heavy atom. The minimum absolute atomic E-state index is 0.264. The number of nitrogens with zero attached hydrogens (tertiary/aromatic N) is 1. The fourth-order valence-electron chi connectivity index (χ4n) is 1.54. The lowest BCUT2D eigenvalue weighted by molar-refractivity contribution is 0.118. The molecule has 2 atom stereocenters. The van der Waals surface area contributed by atoms with E-state index in [0.717, 1.165) is 11.4 Å². The van der Waals surface area contributed by atoms with Gasteiger partial charge in [-0.25, -0.2) is 4.98 Å². The van der Waals surface area contributed by atoms with E-state index in [1.807, 2.05) is 13.1 Å². The first-order valence-electron chi connectivity index (χ1n) is 4.43. The van der Waals surface area contributed by atoms with Crippen molar-refractivity contribution in [3.63, 3.8) is 0 Å². The van der Waals surface area contributed by atoms with Crippen molar-refractivity contribution in [2.45, 2.75) is 19.4 Å². The molecule has 0 aliphatic carbocycles. The molecule has 0 spiro atoms. The largest absolute Gasteiger partial charge is 0.390 e. The van der Waals surface area contributed by atoms with E-state index in [2.05, 4.69) is 4.98 Å². The summed E-state index contributed by atoms with van der Waals surface area (Å²) in [4.78, 5) is 5.42. The lowest BCUT2D eigenvalue weighted by Gasteiger charge is -2.09. The Bertz CT molecular complexity index is 287. The number of aromatic nitrogens is 1. The van der Waals surface area contributed by atoms with Gasteiger partial charge in [-0.1, -0.05) is 0 Å². The zero-order chi connectivity index (χ0) is 9.26. The van der Waals surface area contributed by atoms with Crippen LogP contribution in [-0.2, 0) is 11.2 Å². The van der Waals surface area contributed by atoms with Gasteiger partial charge in [0.2, 0.25) is 0 Å². The molecule has 0 amide bonds. The van der Waals surface area contributed by atoms with Crippen LogP contribution in [-0.4, -0.2) is 29.4 Å². The van der Waals surface area contributed by atoms with Gasteiger partial charge in [0.25, 0.3) is 0 Å². The van der Waals surface area contributed by atoms with Crippen LogP contribution in [0.3, 0.4) is 0 Å². The van der Waals surface area contributed by atoms with E-state index < -0.39 is 0 Å². The Balaban J connectivity index is 1.97. The standard InChI is InChI=1S/C9H13NO2S/c1-6-10-3-8(13-6)2-7-4-12-5-9(7)11/h3,7,9,11H,2,4-5H2,1H3/t7-,9-/m1/s1. The molecule has 13 heavy (non-hydrogen) atoms. The van der Waals surface area contributed by atoms with E-state index in [1.165, 1.54) is 4.88 Å². The maximum absolute atomic E-state index is 9.52.